The molecule has 2 aliphatic rings. The van der Waals surface area contributed by atoms with E-state index in [4.69, 9.17) is 19.6 Å². The van der Waals surface area contributed by atoms with E-state index in [1.807, 2.05) is 82.9 Å². The summed E-state index contributed by atoms with van der Waals surface area (Å²) in [6.45, 7) is 1.27. The van der Waals surface area contributed by atoms with E-state index in [-0.39, 0.29) is 36.7 Å². The minimum absolute atomic E-state index is 0.00469. The summed E-state index contributed by atoms with van der Waals surface area (Å²) in [5.41, 5.74) is 7.63. The standard InChI is InChI=1S/C48H50N8O6/c1-60-48(59)54-39(35-13-7-4-8-14-35)28-45(58)56-26-10-16-43(56)47-50-30-41(53-47)37-23-19-33(20-24-37)32-17-21-36(22-18-32)40-29-49-46(52-40)42-15-9-25-55(42)44(57)27-38(51-31-62-61-2)34-11-5-3-6-12-34/h3-8,11-14,17-24,29-31,38-39,42-43H,9-10,15-16,25-28H2,1-2H3,(H,49,52)(H,50,53)(H,54,59)/t38-,39-,42-,43-/m0/s1. The molecule has 0 aliphatic carbocycles. The number of alkyl carbamates (subject to hydrolysis) is 1. The van der Waals surface area contributed by atoms with Gasteiger partial charge in [0.2, 0.25) is 18.2 Å². The lowest BCUT2D eigenvalue weighted by Crippen LogP contribution is -2.36. The van der Waals surface area contributed by atoms with E-state index in [1.165, 1.54) is 20.6 Å². The smallest absolute Gasteiger partial charge is 0.407 e. The van der Waals surface area contributed by atoms with Gasteiger partial charge in [0.1, 0.15) is 11.6 Å². The van der Waals surface area contributed by atoms with Crippen LogP contribution in [0, 0.1) is 0 Å². The van der Waals surface area contributed by atoms with Gasteiger partial charge >= 0.3 is 6.09 Å². The third-order valence-corrected chi connectivity index (χ3v) is 11.7. The van der Waals surface area contributed by atoms with Gasteiger partial charge in [-0.2, -0.15) is 4.89 Å². The molecule has 318 valence electrons. The third kappa shape index (κ3) is 9.60. The molecule has 3 N–H and O–H groups in total. The molecule has 2 aliphatic heterocycles. The highest BCUT2D eigenvalue weighted by atomic mass is 17.2. The molecule has 0 unspecified atom stereocenters. The minimum atomic E-state index is -0.582. The lowest BCUT2D eigenvalue weighted by atomic mass is 10.0. The second-order valence-electron chi connectivity index (χ2n) is 15.5. The van der Waals surface area contributed by atoms with Gasteiger partial charge in [-0.25, -0.2) is 19.8 Å². The van der Waals surface area contributed by atoms with Crippen LogP contribution >= 0.6 is 0 Å². The summed E-state index contributed by atoms with van der Waals surface area (Å²) < 4.78 is 4.84. The first-order valence-corrected chi connectivity index (χ1v) is 20.9. The Bertz CT molecular complexity index is 2450. The monoisotopic (exact) mass is 834 g/mol. The van der Waals surface area contributed by atoms with E-state index in [9.17, 15) is 14.4 Å². The summed E-state index contributed by atoms with van der Waals surface area (Å²) in [6, 6.07) is 34.6. The Labute approximate surface area is 360 Å². The fourth-order valence-corrected chi connectivity index (χ4v) is 8.48. The SMILES string of the molecule is COOC=N[C@@H](CC(=O)N1CCC[C@H]1c1ncc(-c2ccc(-c3ccc(-c4cnc([C@@H]5CCCN5C(=O)C[C@H](NC(=O)OC)c5ccccc5)[nH]4)cc3)cc2)[nH]1)c1ccccc1. The van der Waals surface area contributed by atoms with E-state index in [0.717, 1.165) is 82.1 Å². The average molecular weight is 835 g/mol. The Morgan fingerprint density at radius 1 is 0.694 bits per heavy atom. The number of aliphatic imine (C=N–C) groups is 1. The van der Waals surface area contributed by atoms with Gasteiger partial charge < -0.3 is 34.7 Å². The van der Waals surface area contributed by atoms with Crippen LogP contribution in [-0.4, -0.2) is 81.4 Å². The van der Waals surface area contributed by atoms with Gasteiger partial charge in [-0.15, -0.1) is 0 Å². The van der Waals surface area contributed by atoms with E-state index in [1.54, 1.807) is 0 Å². The second-order valence-corrected chi connectivity index (χ2v) is 15.5. The highest BCUT2D eigenvalue weighted by Gasteiger charge is 2.35. The first-order chi connectivity index (χ1) is 30.4. The molecule has 0 bridgehead atoms. The predicted molar refractivity (Wildman–Crippen MR) is 234 cm³/mol. The Kier molecular flexibility index (Phi) is 13.1. The summed E-state index contributed by atoms with van der Waals surface area (Å²) in [6.07, 6.45) is 7.99. The zero-order valence-corrected chi connectivity index (χ0v) is 34.8. The van der Waals surface area contributed by atoms with Crippen molar-refractivity contribution in [3.63, 3.8) is 0 Å². The Hall–Kier alpha value is -7.06. The van der Waals surface area contributed by atoms with Crippen LogP contribution in [0.25, 0.3) is 33.6 Å². The molecule has 2 saturated heterocycles. The van der Waals surface area contributed by atoms with Crippen molar-refractivity contribution >= 4 is 24.3 Å². The highest BCUT2D eigenvalue weighted by Crippen LogP contribution is 2.36. The Morgan fingerprint density at radius 2 is 1.18 bits per heavy atom. The average Bonchev–Trinajstić information content (AvgIpc) is 4.17. The van der Waals surface area contributed by atoms with Crippen LogP contribution in [0.5, 0.6) is 0 Å². The number of nitrogens with one attached hydrogen (secondary N) is 3. The van der Waals surface area contributed by atoms with Crippen molar-refractivity contribution in [1.82, 2.24) is 35.1 Å². The molecule has 0 spiro atoms. The predicted octanol–water partition coefficient (Wildman–Crippen LogP) is 8.69. The van der Waals surface area contributed by atoms with Crippen molar-refractivity contribution < 1.29 is 28.9 Å². The number of benzene rings is 4. The van der Waals surface area contributed by atoms with Crippen LogP contribution < -0.4 is 5.32 Å². The van der Waals surface area contributed by atoms with Crippen LogP contribution in [0.3, 0.4) is 0 Å². The van der Waals surface area contributed by atoms with E-state index in [0.29, 0.717) is 13.1 Å². The van der Waals surface area contributed by atoms with Crippen LogP contribution in [-0.2, 0) is 24.1 Å². The number of ether oxygens (including phenoxy) is 1. The molecular formula is C48H50N8O6. The normalized spacial score (nSPS) is 17.3. The molecule has 0 saturated carbocycles. The Morgan fingerprint density at radius 3 is 1.68 bits per heavy atom. The number of likely N-dealkylation sites (tertiary alicyclic amines) is 2. The first-order valence-electron chi connectivity index (χ1n) is 20.9. The highest BCUT2D eigenvalue weighted by molar-refractivity contribution is 5.79. The lowest BCUT2D eigenvalue weighted by Gasteiger charge is -2.26. The maximum atomic E-state index is 13.7. The van der Waals surface area contributed by atoms with E-state index >= 15 is 0 Å². The summed E-state index contributed by atoms with van der Waals surface area (Å²) in [5.74, 6) is 1.46. The number of hydrogen-bond donors (Lipinski definition) is 3. The lowest BCUT2D eigenvalue weighted by molar-refractivity contribution is -0.188. The van der Waals surface area contributed by atoms with Crippen LogP contribution in [0.2, 0.25) is 0 Å². The summed E-state index contributed by atoms with van der Waals surface area (Å²) in [4.78, 5) is 73.7. The number of amides is 3. The third-order valence-electron chi connectivity index (χ3n) is 11.7. The molecule has 2 fully saturated rings. The second kappa shape index (κ2) is 19.5. The van der Waals surface area contributed by atoms with E-state index in [2.05, 4.69) is 73.7 Å². The maximum absolute atomic E-state index is 13.7. The van der Waals surface area contributed by atoms with Crippen molar-refractivity contribution in [3.05, 3.63) is 144 Å². The molecule has 3 amide bonds. The van der Waals surface area contributed by atoms with E-state index < -0.39 is 18.2 Å². The first kappa shape index (κ1) is 41.7. The van der Waals surface area contributed by atoms with Gasteiger partial charge in [-0.1, -0.05) is 109 Å². The number of aromatic amines is 2. The van der Waals surface area contributed by atoms with Crippen LogP contribution in [0.4, 0.5) is 4.79 Å². The zero-order chi connectivity index (χ0) is 42.8. The quantitative estimate of drug-likeness (QED) is 0.0400. The summed E-state index contributed by atoms with van der Waals surface area (Å²) in [5, 5.41) is 2.82. The van der Waals surface area contributed by atoms with Crippen molar-refractivity contribution in [2.75, 3.05) is 27.3 Å². The molecule has 4 atom stereocenters. The minimum Gasteiger partial charge on any atom is -0.453 e. The number of aromatic nitrogens is 4. The molecule has 6 aromatic rings. The van der Waals surface area contributed by atoms with Gasteiger partial charge in [-0.3, -0.25) is 9.59 Å². The largest absolute Gasteiger partial charge is 0.453 e. The number of H-pyrrole nitrogens is 2. The van der Waals surface area contributed by atoms with Gasteiger partial charge in [0.15, 0.2) is 0 Å². The number of nitrogens with zero attached hydrogens (tertiary/aromatic N) is 5. The molecule has 4 aromatic carbocycles. The number of carbonyl (C=O) groups excluding carboxylic acids is 3. The Balaban J connectivity index is 0.893. The van der Waals surface area contributed by atoms with Crippen LogP contribution in [0.15, 0.2) is 127 Å². The fourth-order valence-electron chi connectivity index (χ4n) is 8.48. The number of hydrogen-bond acceptors (Lipinski definition) is 9. The van der Waals surface area contributed by atoms with Gasteiger partial charge in [0, 0.05) is 13.1 Å². The van der Waals surface area contributed by atoms with Crippen molar-refractivity contribution in [1.29, 1.82) is 0 Å². The molecule has 2 aromatic heterocycles. The van der Waals surface area contributed by atoms with Gasteiger partial charge in [0.25, 0.3) is 0 Å². The molecular weight excluding hydrogens is 785 g/mol. The molecule has 8 rings (SSSR count). The number of carbonyl (C=O) groups is 3. The zero-order valence-electron chi connectivity index (χ0n) is 34.8. The van der Waals surface area contributed by atoms with Crippen molar-refractivity contribution in [2.45, 2.75) is 62.7 Å². The number of methoxy groups -OCH3 is 1. The molecule has 0 radical (unpaired) electrons. The molecule has 62 heavy (non-hydrogen) atoms. The maximum Gasteiger partial charge on any atom is 0.407 e. The summed E-state index contributed by atoms with van der Waals surface area (Å²) >= 11 is 0. The molecule has 14 nitrogen and oxygen atoms in total. The van der Waals surface area contributed by atoms with Crippen LogP contribution in [0.1, 0.15) is 85.5 Å². The van der Waals surface area contributed by atoms with Gasteiger partial charge in [-0.05, 0) is 59.1 Å². The van der Waals surface area contributed by atoms with Crippen molar-refractivity contribution in [2.24, 2.45) is 4.99 Å². The van der Waals surface area contributed by atoms with Gasteiger partial charge in [0.05, 0.1) is 75.0 Å². The summed E-state index contributed by atoms with van der Waals surface area (Å²) in [7, 11) is 2.72. The topological polar surface area (TPSA) is 167 Å². The number of imidazole rings is 2. The molecule has 14 heteroatoms. The fraction of sp³-hybridized carbons (Fsp3) is 0.292. The number of rotatable bonds is 15. The molecule has 4 heterocycles. The van der Waals surface area contributed by atoms with Crippen molar-refractivity contribution in [3.8, 4) is 33.6 Å².